The van der Waals surface area contributed by atoms with E-state index in [0.29, 0.717) is 12.6 Å². The molecular weight excluding hydrogens is 292 g/mol. The Morgan fingerprint density at radius 1 is 1.13 bits per heavy atom. The summed E-state index contributed by atoms with van der Waals surface area (Å²) in [4.78, 5) is 11.1. The molecule has 1 aliphatic heterocycles. The van der Waals surface area contributed by atoms with Gasteiger partial charge in [0, 0.05) is 25.8 Å². The number of nitrogens with one attached hydrogen (secondary N) is 1. The summed E-state index contributed by atoms with van der Waals surface area (Å²) in [5.41, 5.74) is 2.79. The molecule has 0 atom stereocenters. The molecule has 0 bridgehead atoms. The summed E-state index contributed by atoms with van der Waals surface area (Å²) in [6, 6.07) is 12.4. The number of aromatic nitrogens is 2. The average molecular weight is 310 g/mol. The second kappa shape index (κ2) is 6.26. The van der Waals surface area contributed by atoms with Crippen LogP contribution < -0.4 is 10.2 Å². The highest BCUT2D eigenvalue weighted by molar-refractivity contribution is 5.74. The Hall–Kier alpha value is -2.60. The van der Waals surface area contributed by atoms with Crippen LogP contribution in [0.1, 0.15) is 5.56 Å². The number of morpholine rings is 1. The zero-order chi connectivity index (χ0) is 15.5. The maximum Gasteiger partial charge on any atom is 0.295 e. The lowest BCUT2D eigenvalue weighted by atomic mass is 10.2. The summed E-state index contributed by atoms with van der Waals surface area (Å²) >= 11 is 0. The summed E-state index contributed by atoms with van der Waals surface area (Å²) in [5, 5.41) is 3.23. The molecule has 3 heterocycles. The minimum absolute atomic E-state index is 0.538. The first-order valence-electron chi connectivity index (χ1n) is 7.75. The smallest absolute Gasteiger partial charge is 0.295 e. The first-order valence-corrected chi connectivity index (χ1v) is 7.75. The number of rotatable bonds is 4. The van der Waals surface area contributed by atoms with Crippen LogP contribution in [0.25, 0.3) is 11.1 Å². The molecule has 0 saturated carbocycles. The molecule has 23 heavy (non-hydrogen) atoms. The lowest BCUT2D eigenvalue weighted by Crippen LogP contribution is -2.36. The Balaban J connectivity index is 1.46. The van der Waals surface area contributed by atoms with Gasteiger partial charge in [-0.2, -0.15) is 4.98 Å². The van der Waals surface area contributed by atoms with Crippen molar-refractivity contribution in [1.29, 1.82) is 0 Å². The molecule has 0 spiro atoms. The van der Waals surface area contributed by atoms with Crippen LogP contribution in [-0.2, 0) is 11.3 Å². The van der Waals surface area contributed by atoms with Gasteiger partial charge in [-0.1, -0.05) is 12.1 Å². The van der Waals surface area contributed by atoms with Crippen molar-refractivity contribution in [3.05, 3.63) is 48.2 Å². The lowest BCUT2D eigenvalue weighted by Gasteiger charge is -2.28. The van der Waals surface area contributed by atoms with Crippen LogP contribution in [0.3, 0.4) is 0 Å². The van der Waals surface area contributed by atoms with Gasteiger partial charge in [-0.15, -0.1) is 0 Å². The fourth-order valence-electron chi connectivity index (χ4n) is 2.66. The molecule has 2 aromatic heterocycles. The van der Waals surface area contributed by atoms with Crippen molar-refractivity contribution in [3.8, 4) is 0 Å². The van der Waals surface area contributed by atoms with Crippen LogP contribution in [0.5, 0.6) is 0 Å². The summed E-state index contributed by atoms with van der Waals surface area (Å²) in [6.45, 7) is 3.93. The SMILES string of the molecule is c1ccc2oc(NCc3ccnc(N4CCOCC4)c3)nc2c1. The van der Waals surface area contributed by atoms with Gasteiger partial charge in [-0.05, 0) is 29.8 Å². The van der Waals surface area contributed by atoms with Crippen LogP contribution in [0.4, 0.5) is 11.8 Å². The molecule has 1 fully saturated rings. The van der Waals surface area contributed by atoms with Gasteiger partial charge < -0.3 is 19.4 Å². The molecule has 0 unspecified atom stereocenters. The van der Waals surface area contributed by atoms with Crippen molar-refractivity contribution < 1.29 is 9.15 Å². The predicted molar refractivity (Wildman–Crippen MR) is 88.6 cm³/mol. The van der Waals surface area contributed by atoms with Crippen LogP contribution in [0, 0.1) is 0 Å². The highest BCUT2D eigenvalue weighted by atomic mass is 16.5. The third kappa shape index (κ3) is 3.12. The second-order valence-corrected chi connectivity index (χ2v) is 5.46. The zero-order valence-electron chi connectivity index (χ0n) is 12.7. The Kier molecular flexibility index (Phi) is 3.81. The second-order valence-electron chi connectivity index (χ2n) is 5.46. The Bertz CT molecular complexity index is 763. The summed E-state index contributed by atoms with van der Waals surface area (Å²) < 4.78 is 11.1. The predicted octanol–water partition coefficient (Wildman–Crippen LogP) is 2.67. The van der Waals surface area contributed by atoms with E-state index in [-0.39, 0.29) is 0 Å². The topological polar surface area (TPSA) is 63.4 Å². The van der Waals surface area contributed by atoms with Crippen LogP contribution in [0.15, 0.2) is 47.0 Å². The van der Waals surface area contributed by atoms with Gasteiger partial charge in [0.15, 0.2) is 5.58 Å². The average Bonchev–Trinajstić information content (AvgIpc) is 3.04. The molecule has 1 saturated heterocycles. The van der Waals surface area contributed by atoms with E-state index in [4.69, 9.17) is 9.15 Å². The molecule has 0 amide bonds. The largest absolute Gasteiger partial charge is 0.424 e. The highest BCUT2D eigenvalue weighted by Crippen LogP contribution is 2.19. The number of para-hydroxylation sites is 2. The third-order valence-electron chi connectivity index (χ3n) is 3.88. The van der Waals surface area contributed by atoms with Crippen LogP contribution >= 0.6 is 0 Å². The standard InChI is InChI=1S/C17H18N4O2/c1-2-4-15-14(3-1)20-17(23-15)19-12-13-5-6-18-16(11-13)21-7-9-22-10-8-21/h1-6,11H,7-10,12H2,(H,19,20). The quantitative estimate of drug-likeness (QED) is 0.799. The van der Waals surface area contributed by atoms with Gasteiger partial charge in [0.2, 0.25) is 0 Å². The summed E-state index contributed by atoms with van der Waals surface area (Å²) in [5.74, 6) is 0.991. The number of nitrogens with zero attached hydrogens (tertiary/aromatic N) is 3. The van der Waals surface area contributed by atoms with E-state index in [0.717, 1.165) is 48.8 Å². The monoisotopic (exact) mass is 310 g/mol. The van der Waals surface area contributed by atoms with E-state index >= 15 is 0 Å². The molecule has 6 nitrogen and oxygen atoms in total. The van der Waals surface area contributed by atoms with E-state index in [9.17, 15) is 0 Å². The van der Waals surface area contributed by atoms with E-state index in [2.05, 4.69) is 26.3 Å². The number of hydrogen-bond acceptors (Lipinski definition) is 6. The number of benzene rings is 1. The van der Waals surface area contributed by atoms with E-state index in [1.165, 1.54) is 0 Å². The van der Waals surface area contributed by atoms with Gasteiger partial charge in [0.25, 0.3) is 6.01 Å². The third-order valence-corrected chi connectivity index (χ3v) is 3.88. The molecule has 1 aromatic carbocycles. The molecule has 118 valence electrons. The number of pyridine rings is 1. The molecule has 1 aliphatic rings. The number of fused-ring (bicyclic) bond motifs is 1. The normalized spacial score (nSPS) is 15.0. The fourth-order valence-corrected chi connectivity index (χ4v) is 2.66. The van der Waals surface area contributed by atoms with Gasteiger partial charge in [-0.3, -0.25) is 0 Å². The van der Waals surface area contributed by atoms with E-state index in [1.807, 2.05) is 36.5 Å². The maximum absolute atomic E-state index is 5.67. The van der Waals surface area contributed by atoms with Gasteiger partial charge in [0.1, 0.15) is 11.3 Å². The first-order chi connectivity index (χ1) is 11.4. The lowest BCUT2D eigenvalue weighted by molar-refractivity contribution is 0.122. The van der Waals surface area contributed by atoms with Crippen LogP contribution in [-0.4, -0.2) is 36.3 Å². The molecule has 0 aliphatic carbocycles. The zero-order valence-corrected chi connectivity index (χ0v) is 12.7. The van der Waals surface area contributed by atoms with Crippen LogP contribution in [0.2, 0.25) is 0 Å². The number of anilines is 2. The van der Waals surface area contributed by atoms with Crippen molar-refractivity contribution >= 4 is 22.9 Å². The van der Waals surface area contributed by atoms with E-state index < -0.39 is 0 Å². The summed E-state index contributed by atoms with van der Waals surface area (Å²) in [7, 11) is 0. The van der Waals surface area contributed by atoms with Crippen molar-refractivity contribution in [2.75, 3.05) is 36.5 Å². The molecular formula is C17H18N4O2. The number of oxazole rings is 1. The van der Waals surface area contributed by atoms with Crippen molar-refractivity contribution in [2.24, 2.45) is 0 Å². The van der Waals surface area contributed by atoms with Crippen molar-refractivity contribution in [1.82, 2.24) is 9.97 Å². The van der Waals surface area contributed by atoms with Gasteiger partial charge >= 0.3 is 0 Å². The fraction of sp³-hybridized carbons (Fsp3) is 0.294. The Labute approximate surface area is 134 Å². The molecule has 3 aromatic rings. The Morgan fingerprint density at radius 2 is 2.00 bits per heavy atom. The highest BCUT2D eigenvalue weighted by Gasteiger charge is 2.12. The Morgan fingerprint density at radius 3 is 2.87 bits per heavy atom. The molecule has 4 rings (SSSR count). The summed E-state index contributed by atoms with van der Waals surface area (Å²) in [6.07, 6.45) is 1.84. The number of hydrogen-bond donors (Lipinski definition) is 1. The first kappa shape index (κ1) is 14.0. The van der Waals surface area contributed by atoms with Crippen molar-refractivity contribution in [2.45, 2.75) is 6.54 Å². The molecule has 6 heteroatoms. The maximum atomic E-state index is 5.67. The molecule has 1 N–H and O–H groups in total. The van der Waals surface area contributed by atoms with Gasteiger partial charge in [-0.25, -0.2) is 4.98 Å². The van der Waals surface area contributed by atoms with Gasteiger partial charge in [0.05, 0.1) is 13.2 Å². The number of ether oxygens (including phenoxy) is 1. The van der Waals surface area contributed by atoms with E-state index in [1.54, 1.807) is 0 Å². The minimum atomic E-state index is 0.538. The minimum Gasteiger partial charge on any atom is -0.424 e. The van der Waals surface area contributed by atoms with Crippen molar-refractivity contribution in [3.63, 3.8) is 0 Å². The molecule has 0 radical (unpaired) electrons.